The zero-order chi connectivity index (χ0) is 11.9. The molecule has 84 valence electrons. The lowest BCUT2D eigenvalue weighted by Crippen LogP contribution is -1.94. The molecule has 0 aliphatic carbocycles. The van der Waals surface area contributed by atoms with E-state index < -0.39 is 5.97 Å². The molecule has 0 radical (unpaired) electrons. The molecule has 2 heterocycles. The fourth-order valence-electron chi connectivity index (χ4n) is 1.54. The highest BCUT2D eigenvalue weighted by molar-refractivity contribution is 7.14. The largest absolute Gasteiger partial charge is 0.477 e. The van der Waals surface area contributed by atoms with Crippen molar-refractivity contribution in [1.29, 1.82) is 0 Å². The standard InChI is InChI=1S/C10H9ClN2O2S/c1-5-6(3-8(16-5)10(14)15)9-7(11)4-12-13(9)2/h3-4H,1-2H3,(H,14,15). The van der Waals surface area contributed by atoms with E-state index in [1.165, 1.54) is 11.3 Å². The normalized spacial score (nSPS) is 10.7. The molecule has 0 saturated heterocycles. The number of hydrogen-bond acceptors (Lipinski definition) is 3. The molecule has 16 heavy (non-hydrogen) atoms. The molecule has 4 nitrogen and oxygen atoms in total. The number of nitrogens with zero attached hydrogens (tertiary/aromatic N) is 2. The second kappa shape index (κ2) is 3.92. The fourth-order valence-corrected chi connectivity index (χ4v) is 2.66. The summed E-state index contributed by atoms with van der Waals surface area (Å²) < 4.78 is 1.64. The zero-order valence-electron chi connectivity index (χ0n) is 8.69. The van der Waals surface area contributed by atoms with Crippen LogP contribution in [0.4, 0.5) is 0 Å². The molecule has 6 heteroatoms. The average molecular weight is 257 g/mol. The Kier molecular flexibility index (Phi) is 2.73. The Balaban J connectivity index is 2.61. The first kappa shape index (κ1) is 11.2. The molecule has 0 bridgehead atoms. The topological polar surface area (TPSA) is 55.1 Å². The molecule has 2 aromatic rings. The second-order valence-corrected chi connectivity index (χ2v) is 5.01. The van der Waals surface area contributed by atoms with Gasteiger partial charge in [-0.3, -0.25) is 4.68 Å². The third-order valence-corrected chi connectivity index (χ3v) is 3.59. The molecule has 0 amide bonds. The van der Waals surface area contributed by atoms with Crippen molar-refractivity contribution in [2.24, 2.45) is 7.05 Å². The summed E-state index contributed by atoms with van der Waals surface area (Å²) in [7, 11) is 1.78. The van der Waals surface area contributed by atoms with E-state index in [9.17, 15) is 4.79 Å². The Bertz CT molecular complexity index is 540. The van der Waals surface area contributed by atoms with Crippen molar-refractivity contribution in [1.82, 2.24) is 9.78 Å². The summed E-state index contributed by atoms with van der Waals surface area (Å²) in [4.78, 5) is 12.1. The second-order valence-electron chi connectivity index (χ2n) is 3.35. The first-order valence-corrected chi connectivity index (χ1v) is 5.71. The number of hydrogen-bond donors (Lipinski definition) is 1. The maximum atomic E-state index is 10.9. The fraction of sp³-hybridized carbons (Fsp3) is 0.200. The molecular formula is C10H9ClN2O2S. The molecule has 0 saturated carbocycles. The summed E-state index contributed by atoms with van der Waals surface area (Å²) in [5.74, 6) is -0.919. The molecular weight excluding hydrogens is 248 g/mol. The molecule has 0 unspecified atom stereocenters. The van der Waals surface area contributed by atoms with Gasteiger partial charge in [-0.25, -0.2) is 4.79 Å². The first-order valence-electron chi connectivity index (χ1n) is 4.52. The van der Waals surface area contributed by atoms with Crippen LogP contribution in [0.25, 0.3) is 11.3 Å². The van der Waals surface area contributed by atoms with E-state index in [0.717, 1.165) is 16.1 Å². The van der Waals surface area contributed by atoms with Crippen LogP contribution < -0.4 is 0 Å². The highest BCUT2D eigenvalue weighted by Gasteiger charge is 2.17. The number of carboxylic acids is 1. The number of carboxylic acid groups (broad SMARTS) is 1. The van der Waals surface area contributed by atoms with Crippen molar-refractivity contribution in [3.8, 4) is 11.3 Å². The number of aromatic nitrogens is 2. The van der Waals surface area contributed by atoms with Crippen molar-refractivity contribution >= 4 is 28.9 Å². The van der Waals surface area contributed by atoms with Crippen LogP contribution in [0.5, 0.6) is 0 Å². The molecule has 0 aromatic carbocycles. The van der Waals surface area contributed by atoms with E-state index in [2.05, 4.69) is 5.10 Å². The van der Waals surface area contributed by atoms with Crippen molar-refractivity contribution in [3.63, 3.8) is 0 Å². The highest BCUT2D eigenvalue weighted by Crippen LogP contribution is 2.34. The van der Waals surface area contributed by atoms with E-state index >= 15 is 0 Å². The van der Waals surface area contributed by atoms with E-state index in [-0.39, 0.29) is 0 Å². The van der Waals surface area contributed by atoms with Gasteiger partial charge >= 0.3 is 5.97 Å². The van der Waals surface area contributed by atoms with Crippen LogP contribution in [-0.2, 0) is 7.05 Å². The van der Waals surface area contributed by atoms with Gasteiger partial charge in [0.15, 0.2) is 0 Å². The Morgan fingerprint density at radius 3 is 2.75 bits per heavy atom. The smallest absolute Gasteiger partial charge is 0.345 e. The lowest BCUT2D eigenvalue weighted by molar-refractivity contribution is 0.0702. The first-order chi connectivity index (χ1) is 7.50. The van der Waals surface area contributed by atoms with Crippen LogP contribution >= 0.6 is 22.9 Å². The third kappa shape index (κ3) is 1.72. The minimum atomic E-state index is -0.919. The number of thiophene rings is 1. The summed E-state index contributed by atoms with van der Waals surface area (Å²) in [6.07, 6.45) is 1.55. The van der Waals surface area contributed by atoms with Crippen molar-refractivity contribution in [2.45, 2.75) is 6.92 Å². The maximum absolute atomic E-state index is 10.9. The Labute approximate surface area is 101 Å². The predicted octanol–water partition coefficient (Wildman–Crippen LogP) is 2.81. The summed E-state index contributed by atoms with van der Waals surface area (Å²) >= 11 is 7.25. The molecule has 0 aliphatic rings. The van der Waals surface area contributed by atoms with Crippen LogP contribution in [0.1, 0.15) is 14.5 Å². The summed E-state index contributed by atoms with van der Waals surface area (Å²) in [6.45, 7) is 1.87. The van der Waals surface area contributed by atoms with Crippen molar-refractivity contribution < 1.29 is 9.90 Å². The maximum Gasteiger partial charge on any atom is 0.345 e. The quantitative estimate of drug-likeness (QED) is 0.899. The van der Waals surface area contributed by atoms with Crippen LogP contribution in [-0.4, -0.2) is 20.9 Å². The van der Waals surface area contributed by atoms with Crippen LogP contribution in [0.3, 0.4) is 0 Å². The monoisotopic (exact) mass is 256 g/mol. The molecule has 0 aliphatic heterocycles. The van der Waals surface area contributed by atoms with E-state index in [1.54, 1.807) is 24.0 Å². The van der Waals surface area contributed by atoms with Gasteiger partial charge in [-0.1, -0.05) is 11.6 Å². The predicted molar refractivity (Wildman–Crippen MR) is 63.2 cm³/mol. The Morgan fingerprint density at radius 2 is 2.31 bits per heavy atom. The Morgan fingerprint density at radius 1 is 1.62 bits per heavy atom. The lowest BCUT2D eigenvalue weighted by Gasteiger charge is -2.01. The van der Waals surface area contributed by atoms with Gasteiger partial charge < -0.3 is 5.11 Å². The van der Waals surface area contributed by atoms with Gasteiger partial charge in [0.1, 0.15) is 4.88 Å². The lowest BCUT2D eigenvalue weighted by atomic mass is 10.2. The number of carbonyl (C=O) groups is 1. The van der Waals surface area contributed by atoms with Crippen molar-refractivity contribution in [2.75, 3.05) is 0 Å². The van der Waals surface area contributed by atoms with Gasteiger partial charge in [0.25, 0.3) is 0 Å². The summed E-state index contributed by atoms with van der Waals surface area (Å²) in [6, 6.07) is 1.63. The minimum absolute atomic E-state index is 0.310. The van der Waals surface area contributed by atoms with Crippen LogP contribution in [0.2, 0.25) is 5.02 Å². The number of halogens is 1. The van der Waals surface area contributed by atoms with Crippen molar-refractivity contribution in [3.05, 3.63) is 27.0 Å². The molecule has 2 rings (SSSR count). The number of rotatable bonds is 2. The average Bonchev–Trinajstić information content (AvgIpc) is 2.71. The van der Waals surface area contributed by atoms with Gasteiger partial charge in [-0.05, 0) is 13.0 Å². The van der Waals surface area contributed by atoms with Gasteiger partial charge in [-0.2, -0.15) is 5.10 Å². The summed E-state index contributed by atoms with van der Waals surface area (Å²) in [5.41, 5.74) is 1.58. The molecule has 1 N–H and O–H groups in total. The number of aromatic carboxylic acids is 1. The minimum Gasteiger partial charge on any atom is -0.477 e. The molecule has 0 spiro atoms. The van der Waals surface area contributed by atoms with Gasteiger partial charge in [0.2, 0.25) is 0 Å². The van der Waals surface area contributed by atoms with E-state index in [1.807, 2.05) is 6.92 Å². The van der Waals surface area contributed by atoms with E-state index in [0.29, 0.717) is 9.90 Å². The third-order valence-electron chi connectivity index (χ3n) is 2.28. The molecule has 0 fully saturated rings. The van der Waals surface area contributed by atoms with E-state index in [4.69, 9.17) is 16.7 Å². The van der Waals surface area contributed by atoms with Crippen LogP contribution in [0, 0.1) is 6.92 Å². The SMILES string of the molecule is Cc1sc(C(=O)O)cc1-c1c(Cl)cnn1C. The van der Waals surface area contributed by atoms with Crippen LogP contribution in [0.15, 0.2) is 12.3 Å². The molecule has 0 atom stereocenters. The van der Waals surface area contributed by atoms with Gasteiger partial charge in [0, 0.05) is 17.5 Å². The summed E-state index contributed by atoms with van der Waals surface area (Å²) in [5, 5.41) is 13.5. The number of aryl methyl sites for hydroxylation is 2. The van der Waals surface area contributed by atoms with Gasteiger partial charge in [0.05, 0.1) is 16.9 Å². The zero-order valence-corrected chi connectivity index (χ0v) is 10.3. The highest BCUT2D eigenvalue weighted by atomic mass is 35.5. The molecule has 2 aromatic heterocycles. The van der Waals surface area contributed by atoms with Gasteiger partial charge in [-0.15, -0.1) is 11.3 Å². The Hall–Kier alpha value is -1.33.